The number of rotatable bonds is 5. The van der Waals surface area contributed by atoms with Gasteiger partial charge in [-0.3, -0.25) is 4.79 Å². The van der Waals surface area contributed by atoms with Crippen LogP contribution in [-0.4, -0.2) is 38.0 Å². The highest BCUT2D eigenvalue weighted by atomic mass is 19.2. The lowest BCUT2D eigenvalue weighted by Crippen LogP contribution is -2.29. The molecule has 0 aliphatic heterocycles. The van der Waals surface area contributed by atoms with E-state index in [1.807, 2.05) is 7.05 Å². The van der Waals surface area contributed by atoms with Crippen molar-refractivity contribution in [2.75, 3.05) is 27.2 Å². The molecule has 0 aromatic heterocycles. The van der Waals surface area contributed by atoms with Crippen LogP contribution >= 0.6 is 0 Å². The van der Waals surface area contributed by atoms with E-state index in [4.69, 9.17) is 0 Å². The monoisotopic (exact) mass is 242 g/mol. The van der Waals surface area contributed by atoms with E-state index in [0.29, 0.717) is 6.54 Å². The molecule has 1 N–H and O–H groups in total. The normalized spacial score (nSPS) is 10.4. The lowest BCUT2D eigenvalue weighted by molar-refractivity contribution is 0.0793. The van der Waals surface area contributed by atoms with Crippen molar-refractivity contribution in [2.45, 2.75) is 6.42 Å². The number of benzene rings is 1. The van der Waals surface area contributed by atoms with Gasteiger partial charge in [0.2, 0.25) is 0 Å². The summed E-state index contributed by atoms with van der Waals surface area (Å²) in [5.41, 5.74) is 0.163. The van der Waals surface area contributed by atoms with Crippen molar-refractivity contribution in [3.8, 4) is 0 Å². The van der Waals surface area contributed by atoms with Crippen molar-refractivity contribution in [2.24, 2.45) is 0 Å². The van der Waals surface area contributed by atoms with Crippen LogP contribution in [0.15, 0.2) is 18.2 Å². The molecule has 0 fully saturated rings. The Morgan fingerprint density at radius 3 is 2.65 bits per heavy atom. The third-order valence-electron chi connectivity index (χ3n) is 2.43. The Bertz CT molecular complexity index is 396. The van der Waals surface area contributed by atoms with Crippen molar-refractivity contribution in [1.29, 1.82) is 0 Å². The molecule has 0 bridgehead atoms. The molecule has 0 unspecified atom stereocenters. The maximum absolute atomic E-state index is 13.0. The molecule has 1 amide bonds. The molecule has 0 saturated carbocycles. The van der Waals surface area contributed by atoms with E-state index >= 15 is 0 Å². The van der Waals surface area contributed by atoms with Gasteiger partial charge in [-0.25, -0.2) is 8.78 Å². The fraction of sp³-hybridized carbons (Fsp3) is 0.417. The SMILES string of the molecule is CNCCCN(C)C(=O)c1ccc(F)c(F)c1. The summed E-state index contributed by atoms with van der Waals surface area (Å²) in [6.07, 6.45) is 0.808. The largest absolute Gasteiger partial charge is 0.342 e. The third-order valence-corrected chi connectivity index (χ3v) is 2.43. The van der Waals surface area contributed by atoms with Crippen LogP contribution in [0, 0.1) is 11.6 Å². The van der Waals surface area contributed by atoms with Gasteiger partial charge in [-0.15, -0.1) is 0 Å². The molecule has 1 aromatic carbocycles. The van der Waals surface area contributed by atoms with E-state index in [-0.39, 0.29) is 11.5 Å². The number of nitrogens with one attached hydrogen (secondary N) is 1. The van der Waals surface area contributed by atoms with E-state index in [2.05, 4.69) is 5.32 Å². The molecule has 1 rings (SSSR count). The number of nitrogens with zero attached hydrogens (tertiary/aromatic N) is 1. The molecule has 3 nitrogen and oxygen atoms in total. The quantitative estimate of drug-likeness (QED) is 0.796. The van der Waals surface area contributed by atoms with Crippen molar-refractivity contribution >= 4 is 5.91 Å². The van der Waals surface area contributed by atoms with Crippen molar-refractivity contribution in [3.05, 3.63) is 35.4 Å². The van der Waals surface area contributed by atoms with E-state index in [1.165, 1.54) is 11.0 Å². The average molecular weight is 242 g/mol. The summed E-state index contributed by atoms with van der Waals surface area (Å²) in [5, 5.41) is 2.97. The zero-order valence-electron chi connectivity index (χ0n) is 9.96. The highest BCUT2D eigenvalue weighted by Crippen LogP contribution is 2.10. The Morgan fingerprint density at radius 1 is 1.35 bits per heavy atom. The van der Waals surface area contributed by atoms with Crippen molar-refractivity contribution < 1.29 is 13.6 Å². The maximum atomic E-state index is 13.0. The second-order valence-electron chi connectivity index (χ2n) is 3.81. The number of halogens is 2. The Hall–Kier alpha value is -1.49. The average Bonchev–Trinajstić information content (AvgIpc) is 2.32. The summed E-state index contributed by atoms with van der Waals surface area (Å²) in [5.74, 6) is -2.25. The topological polar surface area (TPSA) is 32.3 Å². The molecular formula is C12H16F2N2O. The number of carbonyl (C=O) groups is 1. The minimum absolute atomic E-state index is 0.163. The van der Waals surface area contributed by atoms with Gasteiger partial charge in [0.25, 0.3) is 5.91 Å². The lowest BCUT2D eigenvalue weighted by Gasteiger charge is -2.17. The van der Waals surface area contributed by atoms with Gasteiger partial charge < -0.3 is 10.2 Å². The second-order valence-corrected chi connectivity index (χ2v) is 3.81. The summed E-state index contributed by atoms with van der Waals surface area (Å²) in [7, 11) is 3.47. The molecule has 0 aliphatic carbocycles. The van der Waals surface area contributed by atoms with Crippen LogP contribution < -0.4 is 5.32 Å². The van der Waals surface area contributed by atoms with Crippen molar-refractivity contribution in [1.82, 2.24) is 10.2 Å². The van der Waals surface area contributed by atoms with E-state index in [0.717, 1.165) is 25.1 Å². The molecule has 0 spiro atoms. The Morgan fingerprint density at radius 2 is 2.06 bits per heavy atom. The summed E-state index contributed by atoms with van der Waals surface area (Å²) >= 11 is 0. The molecule has 1 aromatic rings. The molecule has 0 saturated heterocycles. The van der Waals surface area contributed by atoms with Crippen LogP contribution in [0.25, 0.3) is 0 Å². The number of hydrogen-bond donors (Lipinski definition) is 1. The van der Waals surface area contributed by atoms with Crippen LogP contribution in [0.5, 0.6) is 0 Å². The molecule has 5 heteroatoms. The van der Waals surface area contributed by atoms with Gasteiger partial charge >= 0.3 is 0 Å². The van der Waals surface area contributed by atoms with Gasteiger partial charge in [0.15, 0.2) is 11.6 Å². The van der Waals surface area contributed by atoms with Crippen LogP contribution in [0.1, 0.15) is 16.8 Å². The first-order chi connectivity index (χ1) is 8.06. The number of amides is 1. The fourth-order valence-corrected chi connectivity index (χ4v) is 1.44. The van der Waals surface area contributed by atoms with Gasteiger partial charge in [0.1, 0.15) is 0 Å². The standard InChI is InChI=1S/C12H16F2N2O/c1-15-6-3-7-16(2)12(17)9-4-5-10(13)11(14)8-9/h4-5,8,15H,3,6-7H2,1-2H3. The molecule has 0 aliphatic rings. The minimum Gasteiger partial charge on any atom is -0.342 e. The number of hydrogen-bond acceptors (Lipinski definition) is 2. The molecule has 94 valence electrons. The van der Waals surface area contributed by atoms with E-state index < -0.39 is 11.6 Å². The molecule has 0 heterocycles. The first kappa shape index (κ1) is 13.6. The highest BCUT2D eigenvalue weighted by Gasteiger charge is 2.13. The predicted octanol–water partition coefficient (Wildman–Crippen LogP) is 1.65. The molecule has 17 heavy (non-hydrogen) atoms. The van der Waals surface area contributed by atoms with Crippen LogP contribution in [0.2, 0.25) is 0 Å². The Labute approximate surface area is 99.4 Å². The van der Waals surface area contributed by atoms with Crippen LogP contribution in [-0.2, 0) is 0 Å². The molecular weight excluding hydrogens is 226 g/mol. The van der Waals surface area contributed by atoms with Crippen LogP contribution in [0.3, 0.4) is 0 Å². The van der Waals surface area contributed by atoms with Gasteiger partial charge in [0, 0.05) is 19.2 Å². The molecule has 0 atom stereocenters. The van der Waals surface area contributed by atoms with Gasteiger partial charge in [0.05, 0.1) is 0 Å². The van der Waals surface area contributed by atoms with Gasteiger partial charge in [-0.1, -0.05) is 0 Å². The Kier molecular flexibility index (Phi) is 5.03. The summed E-state index contributed by atoms with van der Waals surface area (Å²) < 4.78 is 25.7. The van der Waals surface area contributed by atoms with Gasteiger partial charge in [-0.05, 0) is 38.2 Å². The first-order valence-electron chi connectivity index (χ1n) is 5.41. The third kappa shape index (κ3) is 3.78. The smallest absolute Gasteiger partial charge is 0.253 e. The van der Waals surface area contributed by atoms with E-state index in [9.17, 15) is 13.6 Å². The second kappa shape index (κ2) is 6.30. The highest BCUT2D eigenvalue weighted by molar-refractivity contribution is 5.94. The zero-order chi connectivity index (χ0) is 12.8. The minimum atomic E-state index is -1.00. The maximum Gasteiger partial charge on any atom is 0.253 e. The predicted molar refractivity (Wildman–Crippen MR) is 61.9 cm³/mol. The van der Waals surface area contributed by atoms with Crippen molar-refractivity contribution in [3.63, 3.8) is 0 Å². The first-order valence-corrected chi connectivity index (χ1v) is 5.41. The van der Waals surface area contributed by atoms with Crippen LogP contribution in [0.4, 0.5) is 8.78 Å². The number of carbonyl (C=O) groups excluding carboxylic acids is 1. The fourth-order valence-electron chi connectivity index (χ4n) is 1.44. The van der Waals surface area contributed by atoms with E-state index in [1.54, 1.807) is 7.05 Å². The Balaban J connectivity index is 2.65. The lowest BCUT2D eigenvalue weighted by atomic mass is 10.2. The summed E-state index contributed by atoms with van der Waals surface area (Å²) in [6.45, 7) is 1.37. The zero-order valence-corrected chi connectivity index (χ0v) is 9.96. The molecule has 0 radical (unpaired) electrons. The summed E-state index contributed by atoms with van der Waals surface area (Å²) in [6, 6.07) is 3.17. The van der Waals surface area contributed by atoms with Gasteiger partial charge in [-0.2, -0.15) is 0 Å². The summed E-state index contributed by atoms with van der Waals surface area (Å²) in [4.78, 5) is 13.3.